The molecule has 112 valence electrons. The molecule has 4 rings (SSSR count). The monoisotopic (exact) mass is 313 g/mol. The van der Waals surface area contributed by atoms with Crippen LogP contribution in [0.25, 0.3) is 0 Å². The average Bonchev–Trinajstić information content (AvgIpc) is 3.00. The molecule has 3 heteroatoms. The summed E-state index contributed by atoms with van der Waals surface area (Å²) in [5, 5.41) is 4.40. The summed E-state index contributed by atoms with van der Waals surface area (Å²) in [4.78, 5) is 0. The van der Waals surface area contributed by atoms with Gasteiger partial charge in [0.1, 0.15) is 5.82 Å². The molecule has 1 aliphatic heterocycles. The Hall–Kier alpha value is -1.80. The Balaban J connectivity index is 1.84. The van der Waals surface area contributed by atoms with Crippen molar-refractivity contribution in [2.45, 2.75) is 25.3 Å². The molecule has 0 fully saturated rings. The van der Waals surface area contributed by atoms with Gasteiger partial charge in [-0.1, -0.05) is 42.0 Å². The quantitative estimate of drug-likeness (QED) is 0.674. The van der Waals surface area contributed by atoms with Crippen molar-refractivity contribution >= 4 is 17.3 Å². The summed E-state index contributed by atoms with van der Waals surface area (Å²) in [6.07, 6.45) is 5.53. The molecule has 1 nitrogen and oxygen atoms in total. The third kappa shape index (κ3) is 2.05. The van der Waals surface area contributed by atoms with Gasteiger partial charge in [-0.15, -0.1) is 0 Å². The first kappa shape index (κ1) is 13.8. The lowest BCUT2D eigenvalue weighted by atomic mass is 9.76. The number of hydrogen-bond donors (Lipinski definition) is 1. The summed E-state index contributed by atoms with van der Waals surface area (Å²) >= 11 is 6.29. The van der Waals surface area contributed by atoms with Gasteiger partial charge >= 0.3 is 0 Å². The smallest absolute Gasteiger partial charge is 0.123 e. The van der Waals surface area contributed by atoms with Crippen LogP contribution in [0.15, 0.2) is 48.6 Å². The number of allylic oxidation sites excluding steroid dienone is 2. The predicted octanol–water partition coefficient (Wildman–Crippen LogP) is 5.61. The number of rotatable bonds is 1. The van der Waals surface area contributed by atoms with E-state index in [1.807, 2.05) is 19.1 Å². The first-order chi connectivity index (χ1) is 10.6. The van der Waals surface area contributed by atoms with Gasteiger partial charge in [0.15, 0.2) is 0 Å². The van der Waals surface area contributed by atoms with Gasteiger partial charge in [0.2, 0.25) is 0 Å². The molecule has 0 unspecified atom stereocenters. The van der Waals surface area contributed by atoms with E-state index in [2.05, 4.69) is 23.5 Å². The van der Waals surface area contributed by atoms with E-state index in [-0.39, 0.29) is 11.9 Å². The SMILES string of the molecule is Cc1c(Cl)ccc2c1N[C@H](c1cccc(F)c1)[C@@H]1CC=C[C@@H]21. The molecule has 0 spiro atoms. The van der Waals surface area contributed by atoms with E-state index in [9.17, 15) is 4.39 Å². The molecule has 1 aliphatic carbocycles. The van der Waals surface area contributed by atoms with Crippen LogP contribution < -0.4 is 5.32 Å². The van der Waals surface area contributed by atoms with Gasteiger partial charge in [0, 0.05) is 16.6 Å². The second-order valence-corrected chi connectivity index (χ2v) is 6.57. The summed E-state index contributed by atoms with van der Waals surface area (Å²) < 4.78 is 13.6. The minimum absolute atomic E-state index is 0.111. The largest absolute Gasteiger partial charge is 0.377 e. The fraction of sp³-hybridized carbons (Fsp3) is 0.263. The highest BCUT2D eigenvalue weighted by Gasteiger charge is 2.38. The van der Waals surface area contributed by atoms with Gasteiger partial charge in [-0.3, -0.25) is 0 Å². The van der Waals surface area contributed by atoms with E-state index >= 15 is 0 Å². The molecule has 0 radical (unpaired) electrons. The van der Waals surface area contributed by atoms with Crippen molar-refractivity contribution in [3.8, 4) is 0 Å². The number of nitrogens with one attached hydrogen (secondary N) is 1. The number of halogens is 2. The number of fused-ring (bicyclic) bond motifs is 3. The molecule has 0 aromatic heterocycles. The Morgan fingerprint density at radius 1 is 1.23 bits per heavy atom. The van der Waals surface area contributed by atoms with Crippen molar-refractivity contribution in [2.75, 3.05) is 5.32 Å². The Labute approximate surface area is 134 Å². The van der Waals surface area contributed by atoms with Crippen LogP contribution >= 0.6 is 11.6 Å². The van der Waals surface area contributed by atoms with E-state index in [4.69, 9.17) is 11.6 Å². The minimum atomic E-state index is -0.185. The molecule has 0 saturated heterocycles. The van der Waals surface area contributed by atoms with E-state index in [0.717, 1.165) is 28.3 Å². The van der Waals surface area contributed by atoms with Crippen LogP contribution in [0.1, 0.15) is 35.1 Å². The predicted molar refractivity (Wildman–Crippen MR) is 88.9 cm³/mol. The van der Waals surface area contributed by atoms with E-state index in [1.165, 1.54) is 11.6 Å². The molecule has 22 heavy (non-hydrogen) atoms. The first-order valence-electron chi connectivity index (χ1n) is 7.63. The van der Waals surface area contributed by atoms with Crippen LogP contribution in [-0.4, -0.2) is 0 Å². The van der Waals surface area contributed by atoms with Crippen molar-refractivity contribution < 1.29 is 4.39 Å². The summed E-state index contributed by atoms with van der Waals surface area (Å²) in [6.45, 7) is 2.04. The zero-order valence-electron chi connectivity index (χ0n) is 12.3. The summed E-state index contributed by atoms with van der Waals surface area (Å²) in [7, 11) is 0. The van der Waals surface area contributed by atoms with Crippen LogP contribution in [-0.2, 0) is 0 Å². The van der Waals surface area contributed by atoms with Crippen molar-refractivity contribution in [3.05, 3.63) is 76.1 Å². The van der Waals surface area contributed by atoms with Gasteiger partial charge < -0.3 is 5.32 Å². The lowest BCUT2D eigenvalue weighted by Gasteiger charge is -2.38. The van der Waals surface area contributed by atoms with Crippen LogP contribution in [0.3, 0.4) is 0 Å². The van der Waals surface area contributed by atoms with E-state index in [1.54, 1.807) is 12.1 Å². The maximum absolute atomic E-state index is 13.6. The van der Waals surface area contributed by atoms with Gasteiger partial charge in [-0.25, -0.2) is 4.39 Å². The number of anilines is 1. The second kappa shape index (κ2) is 5.13. The van der Waals surface area contributed by atoms with Gasteiger partial charge in [0.05, 0.1) is 6.04 Å². The number of benzene rings is 2. The van der Waals surface area contributed by atoms with Crippen molar-refractivity contribution in [3.63, 3.8) is 0 Å². The van der Waals surface area contributed by atoms with Gasteiger partial charge in [-0.2, -0.15) is 0 Å². The number of hydrogen-bond acceptors (Lipinski definition) is 1. The molecule has 1 heterocycles. The lowest BCUT2D eigenvalue weighted by Crippen LogP contribution is -2.29. The fourth-order valence-corrected chi connectivity index (χ4v) is 3.98. The molecule has 0 saturated carbocycles. The molecule has 2 aliphatic rings. The zero-order chi connectivity index (χ0) is 15.3. The highest BCUT2D eigenvalue weighted by Crippen LogP contribution is 2.51. The highest BCUT2D eigenvalue weighted by atomic mass is 35.5. The van der Waals surface area contributed by atoms with Crippen LogP contribution in [0.5, 0.6) is 0 Å². The van der Waals surface area contributed by atoms with Crippen molar-refractivity contribution in [1.29, 1.82) is 0 Å². The molecule has 3 atom stereocenters. The minimum Gasteiger partial charge on any atom is -0.377 e. The molecular weight excluding hydrogens is 297 g/mol. The summed E-state index contributed by atoms with van der Waals surface area (Å²) in [5.41, 5.74) is 4.48. The molecule has 1 N–H and O–H groups in total. The standard InChI is InChI=1S/C19H17ClFN/c1-11-17(20)9-8-16-14-6-3-7-15(14)19(22-18(11)16)12-4-2-5-13(21)10-12/h2-6,8-10,14-15,19,22H,7H2,1H3/t14-,15-,19-/m1/s1. The Bertz CT molecular complexity index is 768. The molecule has 0 amide bonds. The normalized spacial score (nSPS) is 25.5. The topological polar surface area (TPSA) is 12.0 Å². The first-order valence-corrected chi connectivity index (χ1v) is 8.00. The zero-order valence-corrected chi connectivity index (χ0v) is 13.1. The third-order valence-corrected chi connectivity index (χ3v) is 5.35. The molecule has 2 aromatic carbocycles. The Kier molecular flexibility index (Phi) is 3.23. The van der Waals surface area contributed by atoms with E-state index < -0.39 is 0 Å². The molecule has 0 bridgehead atoms. The van der Waals surface area contributed by atoms with Crippen LogP contribution in [0.2, 0.25) is 5.02 Å². The molecule has 2 aromatic rings. The van der Waals surface area contributed by atoms with Crippen molar-refractivity contribution in [2.24, 2.45) is 5.92 Å². The highest BCUT2D eigenvalue weighted by molar-refractivity contribution is 6.31. The van der Waals surface area contributed by atoms with Crippen LogP contribution in [0.4, 0.5) is 10.1 Å². The van der Waals surface area contributed by atoms with E-state index in [0.29, 0.717) is 11.8 Å². The summed E-state index contributed by atoms with van der Waals surface area (Å²) in [6, 6.07) is 11.1. The maximum atomic E-state index is 13.6. The van der Waals surface area contributed by atoms with Gasteiger partial charge in [0.25, 0.3) is 0 Å². The van der Waals surface area contributed by atoms with Crippen LogP contribution in [0, 0.1) is 18.7 Å². The Morgan fingerprint density at radius 2 is 2.09 bits per heavy atom. The van der Waals surface area contributed by atoms with Crippen molar-refractivity contribution in [1.82, 2.24) is 0 Å². The molecular formula is C19H17ClFN. The second-order valence-electron chi connectivity index (χ2n) is 6.17. The van der Waals surface area contributed by atoms with Gasteiger partial charge in [-0.05, 0) is 54.2 Å². The average molecular weight is 314 g/mol. The summed E-state index contributed by atoms with van der Waals surface area (Å²) in [5.74, 6) is 0.616. The third-order valence-electron chi connectivity index (χ3n) is 4.94. The lowest BCUT2D eigenvalue weighted by molar-refractivity contribution is 0.424. The maximum Gasteiger partial charge on any atom is 0.123 e. The Morgan fingerprint density at radius 3 is 2.91 bits per heavy atom. The fourth-order valence-electron chi connectivity index (χ4n) is 3.82.